The van der Waals surface area contributed by atoms with Gasteiger partial charge in [-0.05, 0) is 43.5 Å². The lowest BCUT2D eigenvalue weighted by Crippen LogP contribution is -2.36. The van der Waals surface area contributed by atoms with E-state index in [9.17, 15) is 9.59 Å². The highest BCUT2D eigenvalue weighted by atomic mass is 16.2. The first-order valence-electron chi connectivity index (χ1n) is 9.39. The van der Waals surface area contributed by atoms with E-state index < -0.39 is 0 Å². The van der Waals surface area contributed by atoms with Gasteiger partial charge in [0.25, 0.3) is 0 Å². The molecule has 0 bridgehead atoms. The summed E-state index contributed by atoms with van der Waals surface area (Å²) in [5.74, 6) is 1.27. The van der Waals surface area contributed by atoms with Crippen LogP contribution in [-0.4, -0.2) is 52.7 Å². The Morgan fingerprint density at radius 2 is 1.93 bits per heavy atom. The number of rotatable bonds is 4. The van der Waals surface area contributed by atoms with E-state index in [0.717, 1.165) is 44.7 Å². The van der Waals surface area contributed by atoms with Crippen LogP contribution in [-0.2, 0) is 4.79 Å². The van der Waals surface area contributed by atoms with Gasteiger partial charge in [-0.25, -0.2) is 9.97 Å². The van der Waals surface area contributed by atoms with Gasteiger partial charge in [0.2, 0.25) is 11.7 Å². The summed E-state index contributed by atoms with van der Waals surface area (Å²) in [6.07, 6.45) is 4.51. The Bertz CT molecular complexity index is 875. The van der Waals surface area contributed by atoms with Crippen molar-refractivity contribution in [2.45, 2.75) is 19.3 Å². The molecule has 1 aliphatic heterocycles. The van der Waals surface area contributed by atoms with E-state index in [-0.39, 0.29) is 20.4 Å². The van der Waals surface area contributed by atoms with Crippen molar-refractivity contribution in [3.63, 3.8) is 0 Å². The molecule has 1 aliphatic carbocycles. The maximum atomic E-state index is 12.7. The minimum absolute atomic E-state index is 0. The number of nitrogens with two attached hydrogens (primary N) is 1. The van der Waals surface area contributed by atoms with Gasteiger partial charge in [-0.15, -0.1) is 0 Å². The van der Waals surface area contributed by atoms with E-state index in [1.54, 1.807) is 24.4 Å². The van der Waals surface area contributed by atoms with Crippen LogP contribution in [0.25, 0.3) is 0 Å². The van der Waals surface area contributed by atoms with Gasteiger partial charge in [-0.1, -0.05) is 6.07 Å². The first-order chi connectivity index (χ1) is 13.1. The molecule has 1 saturated carbocycles. The Balaban J connectivity index is 0.00000150. The molecular formula is C20H27N5O2. The van der Waals surface area contributed by atoms with Gasteiger partial charge in [0.15, 0.2) is 0 Å². The second-order valence-electron chi connectivity index (χ2n) is 7.09. The van der Waals surface area contributed by atoms with E-state index in [1.807, 2.05) is 17.0 Å². The third kappa shape index (κ3) is 3.77. The molecule has 2 fully saturated rings. The van der Waals surface area contributed by atoms with Crippen molar-refractivity contribution < 1.29 is 12.4 Å². The molecule has 0 radical (unpaired) electrons. The molecule has 0 spiro atoms. The summed E-state index contributed by atoms with van der Waals surface area (Å²) in [5, 5.41) is 0. The molecular weight excluding hydrogens is 342 g/mol. The van der Waals surface area contributed by atoms with E-state index in [1.165, 1.54) is 0 Å². The van der Waals surface area contributed by atoms with Crippen molar-refractivity contribution in [3.8, 4) is 0 Å². The number of pyridine rings is 2. The standard InChI is InChI=1S/C20H23N5O2.2H2/c21-19-15(4-2-9-22-19)18(26)16-5-1-6-17(23-16)24-10-3-11-25(13-12-24)20(27)14-7-8-14;;/h1-2,4-6,9,14H,3,7-8,10-13H2,(H2,21,22);2*1H. The van der Waals surface area contributed by atoms with Gasteiger partial charge in [0.05, 0.1) is 5.56 Å². The van der Waals surface area contributed by atoms with Crippen LogP contribution in [0.15, 0.2) is 36.5 Å². The molecule has 7 nitrogen and oxygen atoms in total. The molecule has 4 rings (SSSR count). The Morgan fingerprint density at radius 1 is 1.07 bits per heavy atom. The van der Waals surface area contributed by atoms with Gasteiger partial charge in [0, 0.05) is 41.1 Å². The lowest BCUT2D eigenvalue weighted by atomic mass is 10.1. The molecule has 1 saturated heterocycles. The van der Waals surface area contributed by atoms with Crippen LogP contribution in [0.5, 0.6) is 0 Å². The van der Waals surface area contributed by atoms with E-state index in [4.69, 9.17) is 5.73 Å². The first kappa shape index (κ1) is 17.5. The summed E-state index contributed by atoms with van der Waals surface area (Å²) >= 11 is 0. The molecule has 144 valence electrons. The van der Waals surface area contributed by atoms with Crippen molar-refractivity contribution in [2.75, 3.05) is 36.8 Å². The molecule has 2 aromatic heterocycles. The number of ketones is 1. The monoisotopic (exact) mass is 369 g/mol. The largest absolute Gasteiger partial charge is 0.383 e. The Morgan fingerprint density at radius 3 is 2.70 bits per heavy atom. The highest BCUT2D eigenvalue weighted by Crippen LogP contribution is 2.31. The normalized spacial score (nSPS) is 17.5. The number of carbonyl (C=O) groups is 2. The second kappa shape index (κ2) is 7.34. The molecule has 2 aliphatic rings. The van der Waals surface area contributed by atoms with Gasteiger partial charge >= 0.3 is 0 Å². The van der Waals surface area contributed by atoms with Crippen LogP contribution < -0.4 is 10.6 Å². The molecule has 2 aromatic rings. The lowest BCUT2D eigenvalue weighted by Gasteiger charge is -2.23. The lowest BCUT2D eigenvalue weighted by molar-refractivity contribution is -0.132. The van der Waals surface area contributed by atoms with Crippen molar-refractivity contribution in [1.29, 1.82) is 0 Å². The van der Waals surface area contributed by atoms with E-state index in [0.29, 0.717) is 23.7 Å². The zero-order valence-corrected chi connectivity index (χ0v) is 15.2. The average Bonchev–Trinajstić information content (AvgIpc) is 3.54. The third-order valence-electron chi connectivity index (χ3n) is 5.11. The summed E-state index contributed by atoms with van der Waals surface area (Å²) in [5.41, 5.74) is 6.54. The summed E-state index contributed by atoms with van der Waals surface area (Å²) in [6.45, 7) is 3.02. The minimum atomic E-state index is -0.234. The molecule has 0 aromatic carbocycles. The first-order valence-corrected chi connectivity index (χ1v) is 9.39. The molecule has 2 N–H and O–H groups in total. The number of nitrogen functional groups attached to an aromatic ring is 1. The molecule has 0 atom stereocenters. The number of hydrogen-bond donors (Lipinski definition) is 1. The fourth-order valence-electron chi connectivity index (χ4n) is 3.43. The number of amides is 1. The number of hydrogen-bond acceptors (Lipinski definition) is 6. The Kier molecular flexibility index (Phi) is 4.75. The molecule has 7 heteroatoms. The maximum absolute atomic E-state index is 12.7. The minimum Gasteiger partial charge on any atom is -0.383 e. The fourth-order valence-corrected chi connectivity index (χ4v) is 3.43. The van der Waals surface area contributed by atoms with Crippen molar-refractivity contribution >= 4 is 23.3 Å². The van der Waals surface area contributed by atoms with Crippen molar-refractivity contribution in [1.82, 2.24) is 14.9 Å². The van der Waals surface area contributed by atoms with E-state index >= 15 is 0 Å². The number of aromatic nitrogens is 2. The summed E-state index contributed by atoms with van der Waals surface area (Å²) < 4.78 is 0. The second-order valence-corrected chi connectivity index (χ2v) is 7.09. The fraction of sp³-hybridized carbons (Fsp3) is 0.400. The summed E-state index contributed by atoms with van der Waals surface area (Å²) in [7, 11) is 0. The SMILES string of the molecule is Nc1ncccc1C(=O)c1cccc(N2CCCN(C(=O)C3CC3)CC2)n1.[HH].[HH]. The zero-order valence-electron chi connectivity index (χ0n) is 15.2. The summed E-state index contributed by atoms with van der Waals surface area (Å²) in [4.78, 5) is 37.7. The molecule has 3 heterocycles. The quantitative estimate of drug-likeness (QED) is 0.831. The Hall–Kier alpha value is -2.96. The van der Waals surface area contributed by atoms with Crippen LogP contribution in [0.4, 0.5) is 11.6 Å². The van der Waals surface area contributed by atoms with Gasteiger partial charge < -0.3 is 15.5 Å². The highest BCUT2D eigenvalue weighted by Gasteiger charge is 2.34. The van der Waals surface area contributed by atoms with Crippen molar-refractivity contribution in [2.24, 2.45) is 5.92 Å². The predicted octanol–water partition coefficient (Wildman–Crippen LogP) is 2.23. The predicted molar refractivity (Wildman–Crippen MR) is 107 cm³/mol. The van der Waals surface area contributed by atoms with Crippen molar-refractivity contribution in [3.05, 3.63) is 47.8 Å². The van der Waals surface area contributed by atoms with Gasteiger partial charge in [-0.3, -0.25) is 9.59 Å². The maximum Gasteiger partial charge on any atom is 0.225 e. The number of carbonyl (C=O) groups excluding carboxylic acids is 2. The zero-order chi connectivity index (χ0) is 18.8. The van der Waals surface area contributed by atoms with Crippen LogP contribution in [0.2, 0.25) is 0 Å². The smallest absolute Gasteiger partial charge is 0.225 e. The Labute approximate surface area is 161 Å². The topological polar surface area (TPSA) is 92.4 Å². The van der Waals surface area contributed by atoms with Crippen LogP contribution in [0, 0.1) is 5.92 Å². The summed E-state index contributed by atoms with van der Waals surface area (Å²) in [6, 6.07) is 8.78. The molecule has 0 unspecified atom stereocenters. The van der Waals surface area contributed by atoms with Crippen LogP contribution >= 0.6 is 0 Å². The average molecular weight is 369 g/mol. The highest BCUT2D eigenvalue weighted by molar-refractivity contribution is 6.10. The number of nitrogens with zero attached hydrogens (tertiary/aromatic N) is 4. The van der Waals surface area contributed by atoms with Gasteiger partial charge in [-0.2, -0.15) is 0 Å². The van der Waals surface area contributed by atoms with Crippen LogP contribution in [0.3, 0.4) is 0 Å². The van der Waals surface area contributed by atoms with E-state index in [2.05, 4.69) is 14.9 Å². The molecule has 1 amide bonds. The van der Waals surface area contributed by atoms with Gasteiger partial charge in [0.1, 0.15) is 17.3 Å². The third-order valence-corrected chi connectivity index (χ3v) is 5.11. The van der Waals surface area contributed by atoms with Crippen LogP contribution in [0.1, 0.15) is 38.2 Å². The molecule has 27 heavy (non-hydrogen) atoms. The number of anilines is 2.